The standard InChI is InChI=1S/C12H15Cl2NO2/c1-3-12(2,11(16)17)15-7-8-4-5-9(13)6-10(8)14/h4-6,15H,3,7H2,1-2H3,(H,16,17). The van der Waals surface area contributed by atoms with Gasteiger partial charge in [0.15, 0.2) is 0 Å². The third-order valence-corrected chi connectivity index (χ3v) is 3.45. The van der Waals surface area contributed by atoms with Crippen molar-refractivity contribution in [3.8, 4) is 0 Å². The Bertz CT molecular complexity index is 423. The smallest absolute Gasteiger partial charge is 0.323 e. The van der Waals surface area contributed by atoms with Crippen molar-refractivity contribution < 1.29 is 9.90 Å². The molecule has 5 heteroatoms. The molecule has 0 spiro atoms. The third-order valence-electron chi connectivity index (χ3n) is 2.86. The van der Waals surface area contributed by atoms with Crippen molar-refractivity contribution >= 4 is 29.2 Å². The first kappa shape index (κ1) is 14.3. The van der Waals surface area contributed by atoms with Crippen molar-refractivity contribution in [1.29, 1.82) is 0 Å². The Balaban J connectivity index is 2.76. The molecule has 94 valence electrons. The number of carboxylic acid groups (broad SMARTS) is 1. The van der Waals surface area contributed by atoms with Crippen molar-refractivity contribution in [2.75, 3.05) is 0 Å². The molecule has 0 aromatic heterocycles. The Kier molecular flexibility index (Phi) is 4.80. The van der Waals surface area contributed by atoms with E-state index in [-0.39, 0.29) is 0 Å². The lowest BCUT2D eigenvalue weighted by atomic mass is 9.99. The van der Waals surface area contributed by atoms with Crippen LogP contribution < -0.4 is 5.32 Å². The highest BCUT2D eigenvalue weighted by Crippen LogP contribution is 2.21. The quantitative estimate of drug-likeness (QED) is 0.867. The van der Waals surface area contributed by atoms with Crippen LogP contribution in [0.15, 0.2) is 18.2 Å². The Labute approximate surface area is 111 Å². The average Bonchev–Trinajstić information content (AvgIpc) is 2.27. The van der Waals surface area contributed by atoms with Gasteiger partial charge in [-0.1, -0.05) is 36.2 Å². The van der Waals surface area contributed by atoms with Crippen molar-refractivity contribution in [1.82, 2.24) is 5.32 Å². The number of benzene rings is 1. The molecule has 1 aromatic rings. The van der Waals surface area contributed by atoms with Crippen molar-refractivity contribution in [3.05, 3.63) is 33.8 Å². The first-order chi connectivity index (χ1) is 7.89. The van der Waals surface area contributed by atoms with E-state index in [4.69, 9.17) is 28.3 Å². The summed E-state index contributed by atoms with van der Waals surface area (Å²) in [5, 5.41) is 13.2. The molecule has 1 aromatic carbocycles. The van der Waals surface area contributed by atoms with Gasteiger partial charge in [0, 0.05) is 16.6 Å². The lowest BCUT2D eigenvalue weighted by Crippen LogP contribution is -2.48. The van der Waals surface area contributed by atoms with Crippen LogP contribution in [-0.2, 0) is 11.3 Å². The molecular formula is C12H15Cl2NO2. The van der Waals surface area contributed by atoms with Crippen LogP contribution in [0.1, 0.15) is 25.8 Å². The molecule has 0 saturated heterocycles. The van der Waals surface area contributed by atoms with Crippen LogP contribution in [0.2, 0.25) is 10.0 Å². The minimum absolute atomic E-state index is 0.395. The topological polar surface area (TPSA) is 49.3 Å². The summed E-state index contributed by atoms with van der Waals surface area (Å²) in [5.74, 6) is -0.870. The van der Waals surface area contributed by atoms with Crippen LogP contribution in [0.5, 0.6) is 0 Å². The first-order valence-electron chi connectivity index (χ1n) is 5.31. The van der Waals surface area contributed by atoms with Gasteiger partial charge in [-0.15, -0.1) is 0 Å². The Morgan fingerprint density at radius 3 is 2.59 bits per heavy atom. The summed E-state index contributed by atoms with van der Waals surface area (Å²) >= 11 is 11.8. The number of hydrogen-bond acceptors (Lipinski definition) is 2. The number of carbonyl (C=O) groups is 1. The molecule has 0 aliphatic heterocycles. The summed E-state index contributed by atoms with van der Waals surface area (Å²) in [6.07, 6.45) is 0.494. The second-order valence-electron chi connectivity index (χ2n) is 4.08. The van der Waals surface area contributed by atoms with Gasteiger partial charge in [-0.2, -0.15) is 0 Å². The average molecular weight is 276 g/mol. The molecule has 0 saturated carbocycles. The van der Waals surface area contributed by atoms with Crippen LogP contribution >= 0.6 is 23.2 Å². The van der Waals surface area contributed by atoms with Crippen LogP contribution in [-0.4, -0.2) is 16.6 Å². The Hall–Kier alpha value is -0.770. The van der Waals surface area contributed by atoms with E-state index >= 15 is 0 Å². The van der Waals surface area contributed by atoms with Crippen molar-refractivity contribution in [2.45, 2.75) is 32.4 Å². The summed E-state index contributed by atoms with van der Waals surface area (Å²) in [6.45, 7) is 3.87. The van der Waals surface area contributed by atoms with Crippen molar-refractivity contribution in [3.63, 3.8) is 0 Å². The Morgan fingerprint density at radius 1 is 1.47 bits per heavy atom. The molecule has 0 amide bonds. The van der Waals surface area contributed by atoms with E-state index in [1.54, 1.807) is 25.1 Å². The van der Waals surface area contributed by atoms with E-state index in [1.807, 2.05) is 6.92 Å². The van der Waals surface area contributed by atoms with E-state index < -0.39 is 11.5 Å². The second-order valence-corrected chi connectivity index (χ2v) is 4.92. The molecule has 0 heterocycles. The van der Waals surface area contributed by atoms with E-state index in [2.05, 4.69) is 5.32 Å². The minimum Gasteiger partial charge on any atom is -0.480 e. The zero-order valence-electron chi connectivity index (χ0n) is 9.76. The van der Waals surface area contributed by atoms with Crippen LogP contribution in [0, 0.1) is 0 Å². The van der Waals surface area contributed by atoms with Crippen LogP contribution in [0.3, 0.4) is 0 Å². The van der Waals surface area contributed by atoms with E-state index in [1.165, 1.54) is 0 Å². The molecule has 0 bridgehead atoms. The summed E-state index contributed by atoms with van der Waals surface area (Å²) < 4.78 is 0. The Morgan fingerprint density at radius 2 is 2.12 bits per heavy atom. The number of nitrogens with one attached hydrogen (secondary N) is 1. The fourth-order valence-electron chi connectivity index (χ4n) is 1.31. The summed E-state index contributed by atoms with van der Waals surface area (Å²) in [5.41, 5.74) is -0.111. The zero-order valence-corrected chi connectivity index (χ0v) is 11.3. The summed E-state index contributed by atoms with van der Waals surface area (Å²) in [7, 11) is 0. The maximum atomic E-state index is 11.1. The molecule has 0 fully saturated rings. The monoisotopic (exact) mass is 275 g/mol. The molecule has 3 nitrogen and oxygen atoms in total. The normalized spacial score (nSPS) is 14.4. The molecule has 0 aliphatic carbocycles. The minimum atomic E-state index is -0.942. The van der Waals surface area contributed by atoms with E-state index in [0.29, 0.717) is 23.0 Å². The maximum Gasteiger partial charge on any atom is 0.323 e. The molecule has 1 rings (SSSR count). The fourth-order valence-corrected chi connectivity index (χ4v) is 1.78. The number of hydrogen-bond donors (Lipinski definition) is 2. The number of rotatable bonds is 5. The number of halogens is 2. The highest BCUT2D eigenvalue weighted by Gasteiger charge is 2.30. The summed E-state index contributed by atoms with van der Waals surface area (Å²) in [6, 6.07) is 5.16. The second kappa shape index (κ2) is 5.71. The lowest BCUT2D eigenvalue weighted by molar-refractivity contribution is -0.144. The van der Waals surface area contributed by atoms with E-state index in [9.17, 15) is 4.79 Å². The van der Waals surface area contributed by atoms with Gasteiger partial charge in [0.2, 0.25) is 0 Å². The molecule has 1 unspecified atom stereocenters. The van der Waals surface area contributed by atoms with Gasteiger partial charge in [-0.25, -0.2) is 0 Å². The zero-order chi connectivity index (χ0) is 13.1. The predicted octanol–water partition coefficient (Wildman–Crippen LogP) is 3.34. The lowest BCUT2D eigenvalue weighted by Gasteiger charge is -2.25. The molecular weight excluding hydrogens is 261 g/mol. The molecule has 1 atom stereocenters. The van der Waals surface area contributed by atoms with Gasteiger partial charge in [0.1, 0.15) is 5.54 Å². The molecule has 17 heavy (non-hydrogen) atoms. The highest BCUT2D eigenvalue weighted by molar-refractivity contribution is 6.35. The van der Waals surface area contributed by atoms with Crippen LogP contribution in [0.4, 0.5) is 0 Å². The number of aliphatic carboxylic acids is 1. The largest absolute Gasteiger partial charge is 0.480 e. The van der Waals surface area contributed by atoms with Crippen LogP contribution in [0.25, 0.3) is 0 Å². The maximum absolute atomic E-state index is 11.1. The fraction of sp³-hybridized carbons (Fsp3) is 0.417. The third kappa shape index (κ3) is 3.60. The number of carboxylic acids is 1. The highest BCUT2D eigenvalue weighted by atomic mass is 35.5. The van der Waals surface area contributed by atoms with Crippen molar-refractivity contribution in [2.24, 2.45) is 0 Å². The SMILES string of the molecule is CCC(C)(NCc1ccc(Cl)cc1Cl)C(=O)O. The summed E-state index contributed by atoms with van der Waals surface area (Å²) in [4.78, 5) is 11.1. The molecule has 0 radical (unpaired) electrons. The van der Waals surface area contributed by atoms with E-state index in [0.717, 1.165) is 5.56 Å². The van der Waals surface area contributed by atoms with Gasteiger partial charge in [0.05, 0.1) is 0 Å². The van der Waals surface area contributed by atoms with Gasteiger partial charge in [0.25, 0.3) is 0 Å². The molecule has 0 aliphatic rings. The van der Waals surface area contributed by atoms with Gasteiger partial charge in [-0.05, 0) is 31.0 Å². The van der Waals surface area contributed by atoms with Gasteiger partial charge >= 0.3 is 5.97 Å². The van der Waals surface area contributed by atoms with Gasteiger partial charge in [-0.3, -0.25) is 10.1 Å². The predicted molar refractivity (Wildman–Crippen MR) is 69.6 cm³/mol. The van der Waals surface area contributed by atoms with Gasteiger partial charge < -0.3 is 5.11 Å². The first-order valence-corrected chi connectivity index (χ1v) is 6.07. The molecule has 2 N–H and O–H groups in total.